The van der Waals surface area contributed by atoms with E-state index in [1.165, 1.54) is 32.1 Å². The number of ether oxygens (including phenoxy) is 2. The van der Waals surface area contributed by atoms with Gasteiger partial charge in [0, 0.05) is 5.41 Å². The van der Waals surface area contributed by atoms with Crippen molar-refractivity contribution in [2.75, 3.05) is 19.0 Å². The predicted molar refractivity (Wildman–Crippen MR) is 82.5 cm³/mol. The summed E-state index contributed by atoms with van der Waals surface area (Å²) >= 11 is 4.54. The van der Waals surface area contributed by atoms with Crippen LogP contribution < -0.4 is 9.47 Å². The summed E-state index contributed by atoms with van der Waals surface area (Å²) in [5.74, 6) is 2.75. The van der Waals surface area contributed by atoms with E-state index in [0.29, 0.717) is 6.61 Å². The van der Waals surface area contributed by atoms with Crippen LogP contribution in [0.1, 0.15) is 39.0 Å². The average molecular weight is 280 g/mol. The van der Waals surface area contributed by atoms with Gasteiger partial charge in [-0.2, -0.15) is 12.6 Å². The fourth-order valence-electron chi connectivity index (χ4n) is 2.69. The van der Waals surface area contributed by atoms with Gasteiger partial charge in [0.15, 0.2) is 0 Å². The Bertz CT molecular complexity index is 369. The van der Waals surface area contributed by atoms with Gasteiger partial charge < -0.3 is 9.47 Å². The molecule has 0 aliphatic heterocycles. The van der Waals surface area contributed by atoms with Crippen molar-refractivity contribution in [2.45, 2.75) is 39.0 Å². The molecule has 0 unspecified atom stereocenters. The maximum Gasteiger partial charge on any atom is 0.119 e. The molecule has 1 aliphatic carbocycles. The Hall–Kier alpha value is -0.830. The Morgan fingerprint density at radius 3 is 2.11 bits per heavy atom. The van der Waals surface area contributed by atoms with Crippen LogP contribution in [0.5, 0.6) is 11.5 Å². The molecule has 1 fully saturated rings. The fraction of sp³-hybridized carbons (Fsp3) is 0.625. The summed E-state index contributed by atoms with van der Waals surface area (Å²) in [5.41, 5.74) is 0.278. The molecule has 1 aliphatic rings. The van der Waals surface area contributed by atoms with Crippen LogP contribution in [0, 0.1) is 5.41 Å². The lowest BCUT2D eigenvalue weighted by molar-refractivity contribution is 0.121. The molecule has 0 aromatic heterocycles. The second kappa shape index (κ2) is 7.09. The molecular weight excluding hydrogens is 256 g/mol. The molecule has 0 atom stereocenters. The van der Waals surface area contributed by atoms with E-state index in [4.69, 9.17) is 9.47 Å². The molecule has 0 saturated heterocycles. The van der Waals surface area contributed by atoms with Crippen LogP contribution in [0.3, 0.4) is 0 Å². The molecule has 1 saturated carbocycles. The van der Waals surface area contributed by atoms with Gasteiger partial charge in [-0.3, -0.25) is 0 Å². The maximum atomic E-state index is 5.97. The van der Waals surface area contributed by atoms with Crippen LogP contribution in [-0.2, 0) is 0 Å². The van der Waals surface area contributed by atoms with E-state index < -0.39 is 0 Å². The summed E-state index contributed by atoms with van der Waals surface area (Å²) in [4.78, 5) is 0. The summed E-state index contributed by atoms with van der Waals surface area (Å²) in [7, 11) is 0. The van der Waals surface area contributed by atoms with Crippen molar-refractivity contribution in [2.24, 2.45) is 5.41 Å². The highest BCUT2D eigenvalue weighted by molar-refractivity contribution is 7.80. The minimum atomic E-state index is 0.278. The van der Waals surface area contributed by atoms with E-state index in [1.807, 2.05) is 31.2 Å². The third-order valence-corrected chi connectivity index (χ3v) is 4.60. The van der Waals surface area contributed by atoms with Gasteiger partial charge in [-0.05, 0) is 49.8 Å². The van der Waals surface area contributed by atoms with Crippen LogP contribution in [0.2, 0.25) is 0 Å². The molecule has 0 amide bonds. The highest BCUT2D eigenvalue weighted by atomic mass is 32.1. The maximum absolute atomic E-state index is 5.97. The van der Waals surface area contributed by atoms with Crippen LogP contribution in [0.25, 0.3) is 0 Å². The van der Waals surface area contributed by atoms with E-state index >= 15 is 0 Å². The number of hydrogen-bond donors (Lipinski definition) is 1. The van der Waals surface area contributed by atoms with Gasteiger partial charge in [-0.1, -0.05) is 19.3 Å². The Labute approximate surface area is 121 Å². The van der Waals surface area contributed by atoms with Gasteiger partial charge >= 0.3 is 0 Å². The van der Waals surface area contributed by atoms with E-state index in [1.54, 1.807) is 0 Å². The summed E-state index contributed by atoms with van der Waals surface area (Å²) in [6, 6.07) is 7.90. The van der Waals surface area contributed by atoms with Crippen LogP contribution in [-0.4, -0.2) is 19.0 Å². The number of hydrogen-bond acceptors (Lipinski definition) is 3. The Morgan fingerprint density at radius 1 is 1.00 bits per heavy atom. The van der Waals surface area contributed by atoms with Gasteiger partial charge in [0.05, 0.1) is 13.2 Å². The summed E-state index contributed by atoms with van der Waals surface area (Å²) in [6.07, 6.45) is 6.47. The van der Waals surface area contributed by atoms with Crippen molar-refractivity contribution >= 4 is 12.6 Å². The van der Waals surface area contributed by atoms with Crippen LogP contribution in [0.4, 0.5) is 0 Å². The van der Waals surface area contributed by atoms with Gasteiger partial charge in [0.25, 0.3) is 0 Å². The highest BCUT2D eigenvalue weighted by Crippen LogP contribution is 2.37. The monoisotopic (exact) mass is 280 g/mol. The molecule has 0 spiro atoms. The summed E-state index contributed by atoms with van der Waals surface area (Å²) < 4.78 is 11.4. The predicted octanol–water partition coefficient (Wildman–Crippen LogP) is 4.34. The quantitative estimate of drug-likeness (QED) is 0.781. The van der Waals surface area contributed by atoms with Crippen molar-refractivity contribution in [1.29, 1.82) is 0 Å². The Morgan fingerprint density at radius 2 is 1.58 bits per heavy atom. The lowest BCUT2D eigenvalue weighted by Crippen LogP contribution is -2.32. The molecule has 3 heteroatoms. The number of benzene rings is 1. The van der Waals surface area contributed by atoms with Gasteiger partial charge in [0.1, 0.15) is 11.5 Å². The molecule has 1 aromatic carbocycles. The van der Waals surface area contributed by atoms with Crippen molar-refractivity contribution in [3.8, 4) is 11.5 Å². The molecule has 0 heterocycles. The Kier molecular flexibility index (Phi) is 5.44. The van der Waals surface area contributed by atoms with E-state index in [2.05, 4.69) is 12.6 Å². The topological polar surface area (TPSA) is 18.5 Å². The van der Waals surface area contributed by atoms with Gasteiger partial charge in [-0.25, -0.2) is 0 Å². The minimum absolute atomic E-state index is 0.278. The lowest BCUT2D eigenvalue weighted by Gasteiger charge is -2.35. The molecule has 2 nitrogen and oxygen atoms in total. The minimum Gasteiger partial charge on any atom is -0.494 e. The standard InChI is InChI=1S/C16H24O2S/c1-2-17-14-6-8-15(9-7-14)18-12-16(13-19)10-4-3-5-11-16/h6-9,19H,2-5,10-13H2,1H3. The van der Waals surface area contributed by atoms with Crippen LogP contribution in [0.15, 0.2) is 24.3 Å². The second-order valence-corrected chi connectivity index (χ2v) is 5.73. The molecule has 2 rings (SSSR count). The third kappa shape index (κ3) is 4.07. The van der Waals surface area contributed by atoms with E-state index in [0.717, 1.165) is 23.9 Å². The van der Waals surface area contributed by atoms with Crippen molar-refractivity contribution in [3.63, 3.8) is 0 Å². The first-order chi connectivity index (χ1) is 9.28. The lowest BCUT2D eigenvalue weighted by atomic mass is 9.76. The van der Waals surface area contributed by atoms with E-state index in [9.17, 15) is 0 Å². The number of rotatable bonds is 6. The third-order valence-electron chi connectivity index (χ3n) is 3.93. The van der Waals surface area contributed by atoms with Gasteiger partial charge in [0.2, 0.25) is 0 Å². The normalized spacial score (nSPS) is 18.0. The first-order valence-corrected chi connectivity index (χ1v) is 7.88. The highest BCUT2D eigenvalue weighted by Gasteiger charge is 2.31. The average Bonchev–Trinajstić information content (AvgIpc) is 2.48. The molecule has 0 N–H and O–H groups in total. The first-order valence-electron chi connectivity index (χ1n) is 7.24. The SMILES string of the molecule is CCOc1ccc(OCC2(CS)CCCCC2)cc1. The smallest absolute Gasteiger partial charge is 0.119 e. The summed E-state index contributed by atoms with van der Waals surface area (Å²) in [6.45, 7) is 3.47. The number of thiol groups is 1. The summed E-state index contributed by atoms with van der Waals surface area (Å²) in [5, 5.41) is 0. The van der Waals surface area contributed by atoms with Crippen molar-refractivity contribution < 1.29 is 9.47 Å². The van der Waals surface area contributed by atoms with Crippen molar-refractivity contribution in [1.82, 2.24) is 0 Å². The molecule has 19 heavy (non-hydrogen) atoms. The molecule has 0 bridgehead atoms. The second-order valence-electron chi connectivity index (χ2n) is 5.41. The largest absolute Gasteiger partial charge is 0.494 e. The Balaban J connectivity index is 1.89. The molecule has 106 valence electrons. The zero-order valence-electron chi connectivity index (χ0n) is 11.7. The van der Waals surface area contributed by atoms with Gasteiger partial charge in [-0.15, -0.1) is 0 Å². The zero-order chi connectivity index (χ0) is 13.6. The zero-order valence-corrected chi connectivity index (χ0v) is 12.6. The molecule has 0 radical (unpaired) electrons. The van der Waals surface area contributed by atoms with Crippen molar-refractivity contribution in [3.05, 3.63) is 24.3 Å². The molecule has 1 aromatic rings. The van der Waals surface area contributed by atoms with Crippen LogP contribution >= 0.6 is 12.6 Å². The first kappa shape index (κ1) is 14.6. The van der Waals surface area contributed by atoms with E-state index in [-0.39, 0.29) is 5.41 Å². The fourth-order valence-corrected chi connectivity index (χ4v) is 3.09. The molecular formula is C16H24O2S.